The zero-order chi connectivity index (χ0) is 23.1. The Labute approximate surface area is 198 Å². The Balaban J connectivity index is 1.27. The van der Waals surface area contributed by atoms with Crippen LogP contribution in [0, 0.1) is 0 Å². The summed E-state index contributed by atoms with van der Waals surface area (Å²) in [6.07, 6.45) is 5.22. The van der Waals surface area contributed by atoms with Crippen LogP contribution in [0.2, 0.25) is 0 Å². The molecule has 1 aromatic carbocycles. The molecule has 3 heterocycles. The number of hydrogen-bond donors (Lipinski definition) is 2. The molecule has 4 rings (SSSR count). The molecule has 1 atom stereocenters. The predicted octanol–water partition coefficient (Wildman–Crippen LogP) is 3.03. The zero-order valence-corrected chi connectivity index (χ0v) is 20.0. The van der Waals surface area contributed by atoms with Gasteiger partial charge in [0.25, 0.3) is 0 Å². The summed E-state index contributed by atoms with van der Waals surface area (Å²) < 4.78 is 27.4. The van der Waals surface area contributed by atoms with Crippen molar-refractivity contribution < 1.29 is 13.6 Å². The van der Waals surface area contributed by atoms with E-state index in [-0.39, 0.29) is 5.75 Å². The van der Waals surface area contributed by atoms with Gasteiger partial charge in [0.15, 0.2) is 0 Å². The highest BCUT2D eigenvalue weighted by Gasteiger charge is 2.29. The molecular weight excluding hydrogens is 458 g/mol. The molecule has 8 nitrogen and oxygen atoms in total. The number of hydrogen-bond acceptors (Lipinski definition) is 8. The van der Waals surface area contributed by atoms with E-state index in [9.17, 15) is 13.6 Å². The fraction of sp³-hybridized carbons (Fsp3) is 0.391. The number of nitrogens with one attached hydrogen (secondary N) is 1. The van der Waals surface area contributed by atoms with Crippen LogP contribution in [0.25, 0.3) is 11.1 Å². The number of anilines is 1. The minimum Gasteiger partial charge on any atom is -0.369 e. The van der Waals surface area contributed by atoms with Gasteiger partial charge < -0.3 is 10.1 Å². The molecule has 1 saturated heterocycles. The lowest BCUT2D eigenvalue weighted by molar-refractivity contribution is 0.128. The third-order valence-electron chi connectivity index (χ3n) is 5.89. The van der Waals surface area contributed by atoms with Gasteiger partial charge in [0.2, 0.25) is 10.0 Å². The lowest BCUT2D eigenvalue weighted by Crippen LogP contribution is -2.51. The summed E-state index contributed by atoms with van der Waals surface area (Å²) in [5.41, 5.74) is 5.68. The minimum absolute atomic E-state index is 0.130. The molecule has 2 aromatic heterocycles. The summed E-state index contributed by atoms with van der Waals surface area (Å²) in [6, 6.07) is 11.7. The maximum Gasteiger partial charge on any atom is 0.215 e. The summed E-state index contributed by atoms with van der Waals surface area (Å²) in [5, 5.41) is 13.7. The number of sulfonamides is 1. The first-order valence-electron chi connectivity index (χ1n) is 11.1. The van der Waals surface area contributed by atoms with Gasteiger partial charge in [-0.15, -0.1) is 0 Å². The van der Waals surface area contributed by atoms with Gasteiger partial charge in [0.05, 0.1) is 5.75 Å². The molecule has 0 spiro atoms. The second-order valence-electron chi connectivity index (χ2n) is 8.11. The lowest BCUT2D eigenvalue weighted by Gasteiger charge is -2.36. The van der Waals surface area contributed by atoms with E-state index < -0.39 is 16.1 Å². The Bertz CT molecular complexity index is 1080. The zero-order valence-electron chi connectivity index (χ0n) is 18.4. The molecule has 1 unspecified atom stereocenters. The molecule has 0 aliphatic carbocycles. The van der Waals surface area contributed by atoms with E-state index in [4.69, 9.17) is 0 Å². The van der Waals surface area contributed by atoms with Crippen molar-refractivity contribution in [2.24, 2.45) is 0 Å². The molecule has 0 saturated carbocycles. The van der Waals surface area contributed by atoms with Crippen LogP contribution >= 0.6 is 11.3 Å². The Hall–Kier alpha value is -2.37. The highest BCUT2D eigenvalue weighted by atomic mass is 32.2. The van der Waals surface area contributed by atoms with E-state index in [1.807, 2.05) is 0 Å². The second-order valence-corrected chi connectivity index (χ2v) is 10.9. The summed E-state index contributed by atoms with van der Waals surface area (Å²) in [4.78, 5) is 10.6. The number of piperazine rings is 1. The van der Waals surface area contributed by atoms with E-state index in [2.05, 4.69) is 61.4 Å². The van der Waals surface area contributed by atoms with E-state index in [1.165, 1.54) is 15.4 Å². The summed E-state index contributed by atoms with van der Waals surface area (Å²) >= 11 is 1.68. The summed E-state index contributed by atoms with van der Waals surface area (Å²) in [6.45, 7) is 2.15. The second kappa shape index (κ2) is 11.2. The lowest BCUT2D eigenvalue weighted by atomic mass is 10.1. The monoisotopic (exact) mass is 487 g/mol. The third kappa shape index (κ3) is 6.36. The molecule has 33 heavy (non-hydrogen) atoms. The predicted molar refractivity (Wildman–Crippen MR) is 131 cm³/mol. The van der Waals surface area contributed by atoms with Crippen molar-refractivity contribution in [3.8, 4) is 11.1 Å². The maximum absolute atomic E-state index is 12.9. The van der Waals surface area contributed by atoms with Gasteiger partial charge in [0, 0.05) is 56.7 Å². The first kappa shape index (κ1) is 23.8. The van der Waals surface area contributed by atoms with Gasteiger partial charge in [-0.1, -0.05) is 12.1 Å². The highest BCUT2D eigenvalue weighted by Crippen LogP contribution is 2.26. The van der Waals surface area contributed by atoms with Crippen LogP contribution in [0.1, 0.15) is 18.7 Å². The van der Waals surface area contributed by atoms with Crippen molar-refractivity contribution in [2.75, 3.05) is 36.8 Å². The van der Waals surface area contributed by atoms with Gasteiger partial charge in [-0.3, -0.25) is 0 Å². The van der Waals surface area contributed by atoms with E-state index >= 15 is 0 Å². The molecule has 0 bridgehead atoms. The van der Waals surface area contributed by atoms with E-state index in [0.29, 0.717) is 45.4 Å². The van der Waals surface area contributed by atoms with Gasteiger partial charge in [0.1, 0.15) is 5.82 Å². The Morgan fingerprint density at radius 3 is 2.39 bits per heavy atom. The normalized spacial score (nSPS) is 16.1. The first-order chi connectivity index (χ1) is 16.0. The van der Waals surface area contributed by atoms with E-state index in [1.54, 1.807) is 29.8 Å². The molecule has 0 radical (unpaired) electrons. The first-order valence-corrected chi connectivity index (χ1v) is 13.6. The van der Waals surface area contributed by atoms with Crippen LogP contribution < -0.4 is 10.4 Å². The summed E-state index contributed by atoms with van der Waals surface area (Å²) in [7, 11) is -3.48. The molecule has 0 amide bonds. The fourth-order valence-corrected chi connectivity index (χ4v) is 6.37. The summed E-state index contributed by atoms with van der Waals surface area (Å²) in [5.74, 6) is 0.589. The van der Waals surface area contributed by atoms with Crippen molar-refractivity contribution in [3.63, 3.8) is 0 Å². The van der Waals surface area contributed by atoms with Crippen molar-refractivity contribution in [1.29, 1.82) is 0 Å². The molecule has 1 aliphatic rings. The maximum atomic E-state index is 12.9. The number of benzene rings is 1. The van der Waals surface area contributed by atoms with Crippen molar-refractivity contribution in [1.82, 2.24) is 19.8 Å². The number of aromatic nitrogens is 2. The molecule has 3 aromatic rings. The van der Waals surface area contributed by atoms with Crippen LogP contribution in [0.5, 0.6) is 0 Å². The molecule has 1 fully saturated rings. The van der Waals surface area contributed by atoms with Gasteiger partial charge >= 0.3 is 0 Å². The SMILES string of the molecule is O=S(=O)(CC(CCCc1ncccn1)NO)N1CCN(c2ccc(-c3ccsc3)cc2)CC1. The number of hydroxylamine groups is 1. The molecule has 1 aliphatic heterocycles. The Kier molecular flexibility index (Phi) is 8.05. The number of nitrogens with zero attached hydrogens (tertiary/aromatic N) is 4. The average Bonchev–Trinajstić information content (AvgIpc) is 3.39. The Morgan fingerprint density at radius 1 is 1.03 bits per heavy atom. The fourth-order valence-electron chi connectivity index (χ4n) is 4.03. The largest absolute Gasteiger partial charge is 0.369 e. The van der Waals surface area contributed by atoms with Crippen molar-refractivity contribution in [2.45, 2.75) is 25.3 Å². The molecule has 176 valence electrons. The number of rotatable bonds is 10. The minimum atomic E-state index is -3.48. The van der Waals surface area contributed by atoms with Crippen LogP contribution in [-0.2, 0) is 16.4 Å². The van der Waals surface area contributed by atoms with Crippen LogP contribution in [0.4, 0.5) is 5.69 Å². The molecular formula is C23H29N5O3S2. The molecule has 2 N–H and O–H groups in total. The quantitative estimate of drug-likeness (QED) is 0.424. The van der Waals surface area contributed by atoms with Crippen molar-refractivity contribution >= 4 is 27.0 Å². The van der Waals surface area contributed by atoms with Crippen LogP contribution in [-0.4, -0.2) is 65.9 Å². The van der Waals surface area contributed by atoms with Gasteiger partial charge in [-0.2, -0.15) is 15.6 Å². The standard InChI is InChI=1S/C23H29N5O3S2/c29-26-21(3-1-4-23-24-10-2-11-25-23)18-33(30,31)28-14-12-27(13-15-28)22-7-5-19(6-8-22)20-9-16-32-17-20/h2,5-11,16-17,21,26,29H,1,3-4,12-15,18H2. The van der Waals surface area contributed by atoms with Crippen molar-refractivity contribution in [3.05, 3.63) is 65.4 Å². The number of thiophene rings is 1. The highest BCUT2D eigenvalue weighted by molar-refractivity contribution is 7.89. The Morgan fingerprint density at radius 2 is 1.76 bits per heavy atom. The van der Waals surface area contributed by atoms with Gasteiger partial charge in [-0.05, 0) is 59.0 Å². The van der Waals surface area contributed by atoms with Gasteiger partial charge in [-0.25, -0.2) is 23.9 Å². The smallest absolute Gasteiger partial charge is 0.215 e. The van der Waals surface area contributed by atoms with E-state index in [0.717, 1.165) is 11.5 Å². The molecule has 10 heteroatoms. The van der Waals surface area contributed by atoms with Crippen LogP contribution in [0.15, 0.2) is 59.6 Å². The topological polar surface area (TPSA) is 98.7 Å². The van der Waals surface area contributed by atoms with Crippen LogP contribution in [0.3, 0.4) is 0 Å². The third-order valence-corrected chi connectivity index (χ3v) is 8.54. The number of aryl methyl sites for hydroxylation is 1. The average molecular weight is 488 g/mol.